The second kappa shape index (κ2) is 6.87. The van der Waals surface area contributed by atoms with E-state index in [1.165, 1.54) is 25.0 Å². The van der Waals surface area contributed by atoms with E-state index in [9.17, 15) is 0 Å². The van der Waals surface area contributed by atoms with E-state index in [0.29, 0.717) is 0 Å². The van der Waals surface area contributed by atoms with Gasteiger partial charge in [-0.2, -0.15) is 11.8 Å². The van der Waals surface area contributed by atoms with Gasteiger partial charge < -0.3 is 10.6 Å². The molecule has 2 nitrogen and oxygen atoms in total. The Balaban J connectivity index is 2.12. The van der Waals surface area contributed by atoms with Crippen molar-refractivity contribution in [3.63, 3.8) is 0 Å². The van der Waals surface area contributed by atoms with Crippen LogP contribution in [0.3, 0.4) is 0 Å². The van der Waals surface area contributed by atoms with E-state index in [-0.39, 0.29) is 5.54 Å². The Morgan fingerprint density at radius 3 is 2.56 bits per heavy atom. The van der Waals surface area contributed by atoms with Crippen molar-refractivity contribution in [1.29, 1.82) is 0 Å². The van der Waals surface area contributed by atoms with Gasteiger partial charge in [0.05, 0.1) is 0 Å². The highest BCUT2D eigenvalue weighted by Gasteiger charge is 2.26. The van der Waals surface area contributed by atoms with Gasteiger partial charge in [0.1, 0.15) is 0 Å². The van der Waals surface area contributed by atoms with Crippen molar-refractivity contribution in [3.8, 4) is 0 Å². The van der Waals surface area contributed by atoms with E-state index in [4.69, 9.17) is 0 Å². The molecule has 0 radical (unpaired) electrons. The summed E-state index contributed by atoms with van der Waals surface area (Å²) in [7, 11) is 0. The highest BCUT2D eigenvalue weighted by atomic mass is 32.2. The van der Waals surface area contributed by atoms with Crippen molar-refractivity contribution in [2.45, 2.75) is 63.8 Å². The van der Waals surface area contributed by atoms with E-state index in [0.717, 1.165) is 24.4 Å². The first-order valence-corrected chi connectivity index (χ1v) is 7.68. The molecule has 0 aromatic heterocycles. The molecule has 0 aromatic rings. The highest BCUT2D eigenvalue weighted by Crippen LogP contribution is 2.29. The van der Waals surface area contributed by atoms with Crippen molar-refractivity contribution in [3.05, 3.63) is 0 Å². The zero-order valence-corrected chi connectivity index (χ0v) is 12.1. The minimum atomic E-state index is 0.245. The lowest BCUT2D eigenvalue weighted by atomic mass is 10.1. The lowest BCUT2D eigenvalue weighted by Crippen LogP contribution is -2.43. The molecule has 0 amide bonds. The molecule has 0 aromatic carbocycles. The molecule has 2 unspecified atom stereocenters. The minimum Gasteiger partial charge on any atom is -0.312 e. The monoisotopic (exact) mass is 244 g/mol. The van der Waals surface area contributed by atoms with Crippen molar-refractivity contribution in [2.75, 3.05) is 18.8 Å². The van der Waals surface area contributed by atoms with Crippen LogP contribution < -0.4 is 10.6 Å². The number of nitrogens with one attached hydrogen (secondary N) is 2. The average Bonchev–Trinajstić information content (AvgIpc) is 2.60. The van der Waals surface area contributed by atoms with E-state index >= 15 is 0 Å². The van der Waals surface area contributed by atoms with Crippen molar-refractivity contribution in [1.82, 2.24) is 10.6 Å². The van der Waals surface area contributed by atoms with Crippen LogP contribution in [-0.2, 0) is 0 Å². The van der Waals surface area contributed by atoms with Crippen LogP contribution in [0.2, 0.25) is 0 Å². The SMILES string of the molecule is CCSC1CCCC1NCCNC(C)(C)C. The Labute approximate surface area is 105 Å². The second-order valence-electron chi connectivity index (χ2n) is 5.66. The smallest absolute Gasteiger partial charge is 0.0201 e. The fourth-order valence-electron chi connectivity index (χ4n) is 2.27. The molecule has 1 aliphatic carbocycles. The largest absolute Gasteiger partial charge is 0.312 e. The molecule has 1 fully saturated rings. The van der Waals surface area contributed by atoms with E-state index in [1.807, 2.05) is 0 Å². The van der Waals surface area contributed by atoms with Gasteiger partial charge in [-0.25, -0.2) is 0 Å². The third kappa shape index (κ3) is 5.55. The van der Waals surface area contributed by atoms with Gasteiger partial charge in [-0.1, -0.05) is 13.3 Å². The standard InChI is InChI=1S/C13H28N2S/c1-5-16-12-8-6-7-11(12)14-9-10-15-13(2,3)4/h11-12,14-15H,5-10H2,1-4H3. The third-order valence-corrected chi connectivity index (χ3v) is 4.35. The van der Waals surface area contributed by atoms with Crippen LogP contribution in [0.1, 0.15) is 47.0 Å². The Hall–Kier alpha value is 0.270. The summed E-state index contributed by atoms with van der Waals surface area (Å²) in [6, 6.07) is 0.756. The highest BCUT2D eigenvalue weighted by molar-refractivity contribution is 7.99. The number of thioether (sulfide) groups is 1. The summed E-state index contributed by atoms with van der Waals surface area (Å²) in [4.78, 5) is 0. The fraction of sp³-hybridized carbons (Fsp3) is 1.00. The van der Waals surface area contributed by atoms with Crippen molar-refractivity contribution >= 4 is 11.8 Å². The lowest BCUT2D eigenvalue weighted by Gasteiger charge is -2.23. The molecule has 2 N–H and O–H groups in total. The molecular weight excluding hydrogens is 216 g/mol. The lowest BCUT2D eigenvalue weighted by molar-refractivity contribution is 0.410. The van der Waals surface area contributed by atoms with E-state index in [1.54, 1.807) is 0 Å². The average molecular weight is 244 g/mol. The summed E-state index contributed by atoms with van der Waals surface area (Å²) in [5, 5.41) is 8.09. The molecule has 1 aliphatic rings. The van der Waals surface area contributed by atoms with Gasteiger partial charge in [-0.15, -0.1) is 0 Å². The number of rotatable bonds is 6. The van der Waals surface area contributed by atoms with Gasteiger partial charge in [0.25, 0.3) is 0 Å². The maximum atomic E-state index is 3.71. The summed E-state index contributed by atoms with van der Waals surface area (Å²) < 4.78 is 0. The second-order valence-corrected chi connectivity index (χ2v) is 7.18. The fourth-order valence-corrected chi connectivity index (χ4v) is 3.49. The van der Waals surface area contributed by atoms with E-state index < -0.39 is 0 Å². The summed E-state index contributed by atoms with van der Waals surface area (Å²) >= 11 is 2.13. The molecule has 1 rings (SSSR count). The van der Waals surface area contributed by atoms with Crippen LogP contribution in [0, 0.1) is 0 Å². The minimum absolute atomic E-state index is 0.245. The number of hydrogen-bond acceptors (Lipinski definition) is 3. The molecule has 0 aliphatic heterocycles. The Morgan fingerprint density at radius 2 is 1.94 bits per heavy atom. The first kappa shape index (κ1) is 14.3. The Morgan fingerprint density at radius 1 is 1.19 bits per heavy atom. The molecule has 0 saturated heterocycles. The van der Waals surface area contributed by atoms with Crippen LogP contribution in [0.25, 0.3) is 0 Å². The third-order valence-electron chi connectivity index (χ3n) is 3.02. The van der Waals surface area contributed by atoms with Gasteiger partial charge in [0.15, 0.2) is 0 Å². The topological polar surface area (TPSA) is 24.1 Å². The van der Waals surface area contributed by atoms with E-state index in [2.05, 4.69) is 50.1 Å². The van der Waals surface area contributed by atoms with Gasteiger partial charge in [0.2, 0.25) is 0 Å². The summed E-state index contributed by atoms with van der Waals surface area (Å²) in [6.07, 6.45) is 4.18. The van der Waals surface area contributed by atoms with Gasteiger partial charge in [-0.05, 0) is 39.4 Å². The van der Waals surface area contributed by atoms with Crippen molar-refractivity contribution < 1.29 is 0 Å². The molecule has 16 heavy (non-hydrogen) atoms. The summed E-state index contributed by atoms with van der Waals surface area (Å²) in [6.45, 7) is 11.1. The van der Waals surface area contributed by atoms with Crippen LogP contribution in [0.5, 0.6) is 0 Å². The predicted molar refractivity (Wildman–Crippen MR) is 75.3 cm³/mol. The van der Waals surface area contributed by atoms with Crippen LogP contribution in [0.15, 0.2) is 0 Å². The molecule has 96 valence electrons. The van der Waals surface area contributed by atoms with Gasteiger partial charge >= 0.3 is 0 Å². The van der Waals surface area contributed by atoms with Gasteiger partial charge in [-0.3, -0.25) is 0 Å². The molecule has 0 bridgehead atoms. The van der Waals surface area contributed by atoms with Crippen LogP contribution >= 0.6 is 11.8 Å². The van der Waals surface area contributed by atoms with Gasteiger partial charge in [0, 0.05) is 29.9 Å². The first-order chi connectivity index (χ1) is 7.53. The normalized spacial score (nSPS) is 26.2. The Bertz CT molecular complexity index is 189. The molecule has 3 heteroatoms. The molecule has 0 heterocycles. The molecule has 1 saturated carbocycles. The number of hydrogen-bond donors (Lipinski definition) is 2. The molecular formula is C13H28N2S. The molecule has 0 spiro atoms. The maximum Gasteiger partial charge on any atom is 0.0201 e. The molecule has 2 atom stereocenters. The first-order valence-electron chi connectivity index (χ1n) is 6.63. The summed E-state index contributed by atoms with van der Waals surface area (Å²) in [5.74, 6) is 1.25. The predicted octanol–water partition coefficient (Wildman–Crippen LogP) is 2.64. The van der Waals surface area contributed by atoms with Crippen LogP contribution in [-0.4, -0.2) is 35.7 Å². The zero-order valence-electron chi connectivity index (χ0n) is 11.3. The van der Waals surface area contributed by atoms with Crippen LogP contribution in [0.4, 0.5) is 0 Å². The van der Waals surface area contributed by atoms with Crippen molar-refractivity contribution in [2.24, 2.45) is 0 Å². The Kier molecular flexibility index (Phi) is 6.16. The zero-order chi connectivity index (χ0) is 12.0. The quantitative estimate of drug-likeness (QED) is 0.703. The summed E-state index contributed by atoms with van der Waals surface area (Å²) in [5.41, 5.74) is 0.245. The maximum absolute atomic E-state index is 3.71.